The van der Waals surface area contributed by atoms with E-state index in [-0.39, 0.29) is 17.8 Å². The summed E-state index contributed by atoms with van der Waals surface area (Å²) < 4.78 is 5.10. The van der Waals surface area contributed by atoms with Crippen LogP contribution in [0.25, 0.3) is 0 Å². The van der Waals surface area contributed by atoms with Gasteiger partial charge in [0.2, 0.25) is 0 Å². The van der Waals surface area contributed by atoms with Gasteiger partial charge in [0, 0.05) is 6.42 Å². The average Bonchev–Trinajstić information content (AvgIpc) is 2.34. The van der Waals surface area contributed by atoms with Crippen molar-refractivity contribution in [2.75, 3.05) is 20.2 Å². The van der Waals surface area contributed by atoms with Gasteiger partial charge in [0.05, 0.1) is 19.2 Å². The van der Waals surface area contributed by atoms with Crippen molar-refractivity contribution in [1.82, 2.24) is 5.32 Å². The van der Waals surface area contributed by atoms with Crippen molar-refractivity contribution >= 4 is 11.8 Å². The van der Waals surface area contributed by atoms with Crippen LogP contribution < -0.4 is 11.1 Å². The maximum absolute atomic E-state index is 11.4. The van der Waals surface area contributed by atoms with E-state index in [9.17, 15) is 9.59 Å². The Morgan fingerprint density at radius 2 is 1.89 bits per heavy atom. The summed E-state index contributed by atoms with van der Waals surface area (Å²) in [5, 5.41) is 2.88. The van der Waals surface area contributed by atoms with E-state index in [1.807, 2.05) is 0 Å². The number of unbranched alkanes of at least 4 members (excludes halogenated alkanes) is 3. The van der Waals surface area contributed by atoms with Crippen molar-refractivity contribution in [3.05, 3.63) is 0 Å². The molecular formula is C13H27N2O3+. The second kappa shape index (κ2) is 11.2. The topological polar surface area (TPSA) is 83.0 Å². The predicted molar refractivity (Wildman–Crippen MR) is 69.9 cm³/mol. The zero-order valence-corrected chi connectivity index (χ0v) is 11.7. The summed E-state index contributed by atoms with van der Waals surface area (Å²) in [5.74, 6) is -0.160. The lowest BCUT2D eigenvalue weighted by Gasteiger charge is -2.11. The second-order valence-electron chi connectivity index (χ2n) is 4.48. The monoisotopic (exact) mass is 259 g/mol. The average molecular weight is 259 g/mol. The number of ether oxygens (including phenoxy) is 1. The number of carbonyl (C=O) groups excluding carboxylic acids is 2. The van der Waals surface area contributed by atoms with E-state index < -0.39 is 0 Å². The summed E-state index contributed by atoms with van der Waals surface area (Å²) in [6.45, 7) is 2.98. The highest BCUT2D eigenvalue weighted by Gasteiger charge is 2.13. The van der Waals surface area contributed by atoms with Gasteiger partial charge in [0.25, 0.3) is 0 Å². The van der Waals surface area contributed by atoms with Gasteiger partial charge in [-0.3, -0.25) is 9.59 Å². The van der Waals surface area contributed by atoms with Crippen LogP contribution in [0.3, 0.4) is 0 Å². The number of hydrogen-bond acceptors (Lipinski definition) is 4. The molecular weight excluding hydrogens is 232 g/mol. The van der Waals surface area contributed by atoms with Crippen molar-refractivity contribution in [2.24, 2.45) is 0 Å². The summed E-state index contributed by atoms with van der Waals surface area (Å²) >= 11 is 0. The van der Waals surface area contributed by atoms with E-state index in [1.54, 1.807) is 7.05 Å². The van der Waals surface area contributed by atoms with Gasteiger partial charge in [-0.1, -0.05) is 0 Å². The van der Waals surface area contributed by atoms with Gasteiger partial charge in [-0.25, -0.2) is 0 Å². The summed E-state index contributed by atoms with van der Waals surface area (Å²) in [7, 11) is 1.72. The smallest absolute Gasteiger partial charge is 0.305 e. The van der Waals surface area contributed by atoms with Crippen LogP contribution in [0.1, 0.15) is 45.4 Å². The second-order valence-corrected chi connectivity index (χ2v) is 4.48. The van der Waals surface area contributed by atoms with E-state index in [0.717, 1.165) is 32.2 Å². The number of esters is 1. The predicted octanol–water partition coefficient (Wildman–Crippen LogP) is 0.289. The van der Waals surface area contributed by atoms with Crippen LogP contribution in [0.2, 0.25) is 0 Å². The lowest BCUT2D eigenvalue weighted by molar-refractivity contribution is -0.368. The molecule has 0 aromatic carbocycles. The Labute approximate surface area is 109 Å². The molecule has 0 heterocycles. The zero-order valence-electron chi connectivity index (χ0n) is 11.7. The van der Waals surface area contributed by atoms with Gasteiger partial charge >= 0.3 is 5.97 Å². The summed E-state index contributed by atoms with van der Waals surface area (Å²) in [5.41, 5.74) is 3.78. The van der Waals surface area contributed by atoms with E-state index in [0.29, 0.717) is 19.4 Å². The Kier molecular flexibility index (Phi) is 10.6. The maximum atomic E-state index is 11.4. The molecule has 4 N–H and O–H groups in total. The Balaban J connectivity index is 3.50. The molecule has 0 aliphatic heterocycles. The number of Topliss-reactive ketones (excluding diaryl/α,β-unsaturated/α-hetero) is 1. The molecule has 0 aromatic heterocycles. The molecule has 0 fully saturated rings. The normalized spacial score (nSPS) is 12.2. The van der Waals surface area contributed by atoms with Crippen molar-refractivity contribution in [3.8, 4) is 0 Å². The molecule has 0 aliphatic rings. The third-order valence-corrected chi connectivity index (χ3v) is 2.88. The minimum absolute atomic E-state index is 0.0541. The number of likely N-dealkylation sites (N-methyl/N-ethyl adjacent to an activating group) is 1. The molecule has 0 saturated heterocycles. The van der Waals surface area contributed by atoms with Crippen molar-refractivity contribution in [3.63, 3.8) is 0 Å². The molecule has 0 amide bonds. The molecule has 106 valence electrons. The molecule has 18 heavy (non-hydrogen) atoms. The Hall–Kier alpha value is -0.940. The molecule has 1 atom stereocenters. The first-order chi connectivity index (χ1) is 8.61. The fraction of sp³-hybridized carbons (Fsp3) is 0.846. The minimum atomic E-state index is -0.241. The largest absolute Gasteiger partial charge is 0.466 e. The Bertz CT molecular complexity index is 244. The van der Waals surface area contributed by atoms with Crippen LogP contribution in [-0.4, -0.2) is 38.0 Å². The van der Waals surface area contributed by atoms with Crippen LogP contribution in [0.4, 0.5) is 0 Å². The van der Waals surface area contributed by atoms with Gasteiger partial charge in [0.15, 0.2) is 0 Å². The first-order valence-electron chi connectivity index (χ1n) is 6.74. The molecule has 0 bridgehead atoms. The molecule has 0 radical (unpaired) electrons. The Morgan fingerprint density at radius 1 is 1.22 bits per heavy atom. The molecule has 5 heteroatoms. The molecule has 0 unspecified atom stereocenters. The van der Waals surface area contributed by atoms with E-state index >= 15 is 0 Å². The standard InChI is InChI=1S/C13H26N2O3/c1-11(16)12(15-2)7-8-13(17)18-10-6-4-3-5-9-14/h12,15H,3-10,14H2,1-2H3/p+1/t12-/m0/s1. The van der Waals surface area contributed by atoms with E-state index in [4.69, 9.17) is 4.74 Å². The fourth-order valence-electron chi connectivity index (χ4n) is 1.70. The van der Waals surface area contributed by atoms with Gasteiger partial charge in [-0.05, 0) is 46.1 Å². The third-order valence-electron chi connectivity index (χ3n) is 2.88. The number of nitrogens with one attached hydrogen (secondary N) is 1. The van der Waals surface area contributed by atoms with Crippen LogP contribution >= 0.6 is 0 Å². The highest BCUT2D eigenvalue weighted by Crippen LogP contribution is 2.03. The van der Waals surface area contributed by atoms with Crippen LogP contribution in [0.15, 0.2) is 0 Å². The van der Waals surface area contributed by atoms with Crippen molar-refractivity contribution in [1.29, 1.82) is 0 Å². The molecule has 0 rings (SSSR count). The molecule has 0 aromatic rings. The lowest BCUT2D eigenvalue weighted by Crippen LogP contribution is -2.50. The van der Waals surface area contributed by atoms with E-state index in [1.165, 1.54) is 6.92 Å². The summed E-state index contributed by atoms with van der Waals surface area (Å²) in [6.07, 6.45) is 5.07. The third kappa shape index (κ3) is 9.13. The highest BCUT2D eigenvalue weighted by atomic mass is 16.5. The first kappa shape index (κ1) is 17.1. The highest BCUT2D eigenvalue weighted by molar-refractivity contribution is 5.82. The van der Waals surface area contributed by atoms with Crippen LogP contribution in [0.5, 0.6) is 0 Å². The van der Waals surface area contributed by atoms with Crippen LogP contribution in [-0.2, 0) is 14.3 Å². The fourth-order valence-corrected chi connectivity index (χ4v) is 1.70. The number of hydrogen-bond donors (Lipinski definition) is 2. The molecule has 0 spiro atoms. The summed E-state index contributed by atoms with van der Waals surface area (Å²) in [4.78, 5) is 22.5. The van der Waals surface area contributed by atoms with Crippen molar-refractivity contribution in [2.45, 2.75) is 51.5 Å². The maximum Gasteiger partial charge on any atom is 0.305 e. The zero-order chi connectivity index (χ0) is 13.8. The first-order valence-corrected chi connectivity index (χ1v) is 6.74. The van der Waals surface area contributed by atoms with Crippen molar-refractivity contribution < 1.29 is 20.1 Å². The molecule has 0 aliphatic carbocycles. The number of ketones is 1. The minimum Gasteiger partial charge on any atom is -0.466 e. The Morgan fingerprint density at radius 3 is 2.44 bits per heavy atom. The SMILES string of the molecule is CN[C@@H](CCC(=O)OCCCCCC[NH3+])C(C)=O. The molecule has 5 nitrogen and oxygen atoms in total. The van der Waals surface area contributed by atoms with Gasteiger partial charge in [-0.2, -0.15) is 0 Å². The van der Waals surface area contributed by atoms with E-state index in [2.05, 4.69) is 11.1 Å². The quantitative estimate of drug-likeness (QED) is 0.413. The number of rotatable bonds is 11. The summed E-state index contributed by atoms with van der Waals surface area (Å²) in [6, 6.07) is -0.241. The number of quaternary nitrogens is 1. The lowest BCUT2D eigenvalue weighted by atomic mass is 10.1. The molecule has 0 saturated carbocycles. The van der Waals surface area contributed by atoms with Crippen LogP contribution in [0, 0.1) is 0 Å². The van der Waals surface area contributed by atoms with Gasteiger partial charge < -0.3 is 15.8 Å². The van der Waals surface area contributed by atoms with Gasteiger partial charge in [0.1, 0.15) is 5.78 Å². The number of carbonyl (C=O) groups is 2. The van der Waals surface area contributed by atoms with Gasteiger partial charge in [-0.15, -0.1) is 0 Å².